The smallest absolute Gasteiger partial charge is 0.146 e. The van der Waals surface area contributed by atoms with Crippen LogP contribution in [0.1, 0.15) is 48.7 Å². The van der Waals surface area contributed by atoms with E-state index in [4.69, 9.17) is 0 Å². The van der Waals surface area contributed by atoms with Gasteiger partial charge in [-0.15, -0.1) is 0 Å². The van der Waals surface area contributed by atoms with Crippen molar-refractivity contribution in [3.63, 3.8) is 0 Å². The third-order valence-corrected chi connectivity index (χ3v) is 5.81. The average molecular weight is 356 g/mol. The molecule has 2 aliphatic rings. The molecule has 0 saturated carbocycles. The molecule has 2 fully saturated rings. The predicted molar refractivity (Wildman–Crippen MR) is 103 cm³/mol. The normalized spacial score (nSPS) is 19.4. The van der Waals surface area contributed by atoms with Gasteiger partial charge in [-0.05, 0) is 63.3 Å². The maximum absolute atomic E-state index is 14.5. The summed E-state index contributed by atoms with van der Waals surface area (Å²) >= 11 is 0. The second kappa shape index (κ2) is 7.39. The number of nitrogens with zero attached hydrogens (tertiary/aromatic N) is 4. The van der Waals surface area contributed by atoms with Crippen molar-refractivity contribution in [3.8, 4) is 0 Å². The highest BCUT2D eigenvalue weighted by Crippen LogP contribution is 2.27. The Morgan fingerprint density at radius 3 is 2.38 bits per heavy atom. The Balaban J connectivity index is 1.35. The van der Waals surface area contributed by atoms with Crippen molar-refractivity contribution >= 4 is 5.69 Å². The number of hydrogen-bond acceptors (Lipinski definition) is 3. The number of aromatic nitrogens is 2. The SMILES string of the molecule is Cc1cc(C)n(C2CCN(Cc3ccc(N4CCCC4)c(F)c3)CC2)n1. The molecule has 0 bridgehead atoms. The molecule has 4 nitrogen and oxygen atoms in total. The number of likely N-dealkylation sites (tertiary alicyclic amines) is 1. The zero-order chi connectivity index (χ0) is 18.1. The Bertz CT molecular complexity index is 755. The first-order chi connectivity index (χ1) is 12.6. The van der Waals surface area contributed by atoms with Gasteiger partial charge in [-0.1, -0.05) is 6.07 Å². The first kappa shape index (κ1) is 17.5. The van der Waals surface area contributed by atoms with Gasteiger partial charge in [0.1, 0.15) is 5.82 Å². The Kier molecular flexibility index (Phi) is 4.98. The van der Waals surface area contributed by atoms with Crippen molar-refractivity contribution in [1.82, 2.24) is 14.7 Å². The molecule has 2 aromatic rings. The largest absolute Gasteiger partial charge is 0.369 e. The van der Waals surface area contributed by atoms with Gasteiger partial charge in [-0.3, -0.25) is 9.58 Å². The topological polar surface area (TPSA) is 24.3 Å². The van der Waals surface area contributed by atoms with Crippen molar-refractivity contribution < 1.29 is 4.39 Å². The summed E-state index contributed by atoms with van der Waals surface area (Å²) in [4.78, 5) is 4.60. The number of hydrogen-bond donors (Lipinski definition) is 0. The van der Waals surface area contributed by atoms with Gasteiger partial charge in [0.15, 0.2) is 0 Å². The number of benzene rings is 1. The number of halogens is 1. The zero-order valence-electron chi connectivity index (χ0n) is 15.9. The molecule has 0 N–H and O–H groups in total. The summed E-state index contributed by atoms with van der Waals surface area (Å²) in [6.07, 6.45) is 4.56. The quantitative estimate of drug-likeness (QED) is 0.825. The summed E-state index contributed by atoms with van der Waals surface area (Å²) in [5.74, 6) is -0.0677. The van der Waals surface area contributed by atoms with E-state index in [-0.39, 0.29) is 5.82 Å². The van der Waals surface area contributed by atoms with Crippen LogP contribution in [-0.4, -0.2) is 40.9 Å². The molecule has 140 valence electrons. The van der Waals surface area contributed by atoms with Gasteiger partial charge in [0.05, 0.1) is 17.4 Å². The third-order valence-electron chi connectivity index (χ3n) is 5.81. The van der Waals surface area contributed by atoms with Crippen LogP contribution in [0, 0.1) is 19.7 Å². The van der Waals surface area contributed by atoms with E-state index in [0.29, 0.717) is 6.04 Å². The van der Waals surface area contributed by atoms with Gasteiger partial charge < -0.3 is 4.90 Å². The number of anilines is 1. The molecule has 0 radical (unpaired) electrons. The maximum atomic E-state index is 14.5. The van der Waals surface area contributed by atoms with Crippen LogP contribution in [0.5, 0.6) is 0 Å². The molecule has 1 aromatic carbocycles. The maximum Gasteiger partial charge on any atom is 0.146 e. The van der Waals surface area contributed by atoms with Crippen LogP contribution in [0.4, 0.5) is 10.1 Å². The van der Waals surface area contributed by atoms with Gasteiger partial charge in [0.25, 0.3) is 0 Å². The van der Waals surface area contributed by atoms with Crippen molar-refractivity contribution in [1.29, 1.82) is 0 Å². The Hall–Kier alpha value is -1.88. The van der Waals surface area contributed by atoms with E-state index in [1.807, 2.05) is 6.07 Å². The van der Waals surface area contributed by atoms with Crippen LogP contribution in [0.15, 0.2) is 24.3 Å². The van der Waals surface area contributed by atoms with Crippen LogP contribution < -0.4 is 4.90 Å². The fourth-order valence-corrected chi connectivity index (χ4v) is 4.46. The lowest BCUT2D eigenvalue weighted by atomic mass is 10.0. The molecule has 0 spiro atoms. The van der Waals surface area contributed by atoms with E-state index in [1.165, 1.54) is 18.5 Å². The molecule has 0 atom stereocenters. The van der Waals surface area contributed by atoms with Crippen LogP contribution in [0.2, 0.25) is 0 Å². The van der Waals surface area contributed by atoms with Gasteiger partial charge >= 0.3 is 0 Å². The monoisotopic (exact) mass is 356 g/mol. The van der Waals surface area contributed by atoms with E-state index in [0.717, 1.165) is 62.5 Å². The van der Waals surface area contributed by atoms with Crippen LogP contribution in [-0.2, 0) is 6.54 Å². The van der Waals surface area contributed by atoms with Gasteiger partial charge in [-0.25, -0.2) is 4.39 Å². The van der Waals surface area contributed by atoms with Gasteiger partial charge in [0.2, 0.25) is 0 Å². The van der Waals surface area contributed by atoms with Crippen molar-refractivity contribution in [2.75, 3.05) is 31.1 Å². The molecule has 0 unspecified atom stereocenters. The summed E-state index contributed by atoms with van der Waals surface area (Å²) in [5.41, 5.74) is 4.20. The highest BCUT2D eigenvalue weighted by atomic mass is 19.1. The van der Waals surface area contributed by atoms with Gasteiger partial charge in [0, 0.05) is 38.4 Å². The Morgan fingerprint density at radius 2 is 1.77 bits per heavy atom. The van der Waals surface area contributed by atoms with E-state index < -0.39 is 0 Å². The minimum atomic E-state index is -0.0677. The molecular formula is C21H29FN4. The van der Waals surface area contributed by atoms with Crippen LogP contribution in [0.25, 0.3) is 0 Å². The standard InChI is InChI=1S/C21H29FN4/c1-16-13-17(2)26(23-16)19-7-11-24(12-8-19)15-18-5-6-21(20(22)14-18)25-9-3-4-10-25/h5-6,13-14,19H,3-4,7-12,15H2,1-2H3. The first-order valence-electron chi connectivity index (χ1n) is 9.88. The minimum Gasteiger partial charge on any atom is -0.369 e. The summed E-state index contributed by atoms with van der Waals surface area (Å²) in [6.45, 7) is 9.07. The van der Waals surface area contributed by atoms with Crippen LogP contribution >= 0.6 is 0 Å². The lowest BCUT2D eigenvalue weighted by Gasteiger charge is -2.32. The number of rotatable bonds is 4. The molecule has 3 heterocycles. The summed E-state index contributed by atoms with van der Waals surface area (Å²) < 4.78 is 16.7. The molecule has 2 saturated heterocycles. The second-order valence-corrected chi connectivity index (χ2v) is 7.86. The Morgan fingerprint density at radius 1 is 1.04 bits per heavy atom. The first-order valence-corrected chi connectivity index (χ1v) is 9.88. The second-order valence-electron chi connectivity index (χ2n) is 7.86. The number of aryl methyl sites for hydroxylation is 2. The van der Waals surface area contributed by atoms with E-state index in [1.54, 1.807) is 6.07 Å². The molecule has 0 amide bonds. The summed E-state index contributed by atoms with van der Waals surface area (Å²) in [6, 6.07) is 8.45. The van der Waals surface area contributed by atoms with E-state index in [9.17, 15) is 4.39 Å². The molecule has 0 aliphatic carbocycles. The minimum absolute atomic E-state index is 0.0677. The molecule has 4 rings (SSSR count). The van der Waals surface area contributed by atoms with E-state index in [2.05, 4.69) is 45.6 Å². The lowest BCUT2D eigenvalue weighted by Crippen LogP contribution is -2.34. The predicted octanol–water partition coefficient (Wildman–Crippen LogP) is 4.08. The van der Waals surface area contributed by atoms with Crippen molar-refractivity contribution in [2.24, 2.45) is 0 Å². The Labute approximate surface area is 155 Å². The van der Waals surface area contributed by atoms with Gasteiger partial charge in [-0.2, -0.15) is 5.10 Å². The fraction of sp³-hybridized carbons (Fsp3) is 0.571. The highest BCUT2D eigenvalue weighted by molar-refractivity contribution is 5.49. The summed E-state index contributed by atoms with van der Waals surface area (Å²) in [5, 5.41) is 4.65. The van der Waals surface area contributed by atoms with Crippen molar-refractivity contribution in [2.45, 2.75) is 52.1 Å². The fourth-order valence-electron chi connectivity index (χ4n) is 4.46. The zero-order valence-corrected chi connectivity index (χ0v) is 15.9. The average Bonchev–Trinajstić information content (AvgIpc) is 3.25. The van der Waals surface area contributed by atoms with E-state index >= 15 is 0 Å². The highest BCUT2D eigenvalue weighted by Gasteiger charge is 2.23. The van der Waals surface area contributed by atoms with Crippen LogP contribution in [0.3, 0.4) is 0 Å². The number of piperidine rings is 1. The van der Waals surface area contributed by atoms with Crippen molar-refractivity contribution in [3.05, 3.63) is 47.0 Å². The molecule has 26 heavy (non-hydrogen) atoms. The third kappa shape index (κ3) is 3.63. The molecule has 5 heteroatoms. The molecule has 2 aliphatic heterocycles. The molecule has 1 aromatic heterocycles. The summed E-state index contributed by atoms with van der Waals surface area (Å²) in [7, 11) is 0. The lowest BCUT2D eigenvalue weighted by molar-refractivity contribution is 0.172. The molecular weight excluding hydrogens is 327 g/mol.